The van der Waals surface area contributed by atoms with Gasteiger partial charge < -0.3 is 24.4 Å². The van der Waals surface area contributed by atoms with Crippen molar-refractivity contribution in [2.75, 3.05) is 25.5 Å². The molecule has 0 unspecified atom stereocenters. The number of fused-ring (bicyclic) bond motifs is 1. The molecule has 1 N–H and O–H groups in total. The summed E-state index contributed by atoms with van der Waals surface area (Å²) in [5.41, 5.74) is 0.268. The lowest BCUT2D eigenvalue weighted by atomic mass is 10.1. The van der Waals surface area contributed by atoms with Crippen molar-refractivity contribution >= 4 is 40.1 Å². The summed E-state index contributed by atoms with van der Waals surface area (Å²) in [6.45, 7) is 6.60. The van der Waals surface area contributed by atoms with Gasteiger partial charge in [0, 0.05) is 37.4 Å². The van der Waals surface area contributed by atoms with Gasteiger partial charge in [-0.15, -0.1) is 0 Å². The lowest BCUT2D eigenvalue weighted by Crippen LogP contribution is -2.44. The molecule has 1 aliphatic rings. The molecule has 2 aromatic carbocycles. The van der Waals surface area contributed by atoms with Gasteiger partial charge in [0.25, 0.3) is 0 Å². The summed E-state index contributed by atoms with van der Waals surface area (Å²) in [7, 11) is 1.56. The normalized spacial score (nSPS) is 14.6. The third kappa shape index (κ3) is 5.85. The van der Waals surface area contributed by atoms with E-state index in [9.17, 15) is 9.18 Å². The number of halogens is 2. The Morgan fingerprint density at radius 1 is 1.17 bits per heavy atom. The Kier molecular flexibility index (Phi) is 7.16. The van der Waals surface area contributed by atoms with E-state index in [1.54, 1.807) is 36.3 Å². The topological polar surface area (TPSA) is 85.8 Å². The summed E-state index contributed by atoms with van der Waals surface area (Å²) in [6, 6.07) is 8.23. The van der Waals surface area contributed by atoms with Crippen molar-refractivity contribution in [3.05, 3.63) is 47.5 Å². The van der Waals surface area contributed by atoms with Crippen LogP contribution in [0.4, 0.5) is 20.7 Å². The molecule has 10 heteroatoms. The zero-order valence-electron chi connectivity index (χ0n) is 20.1. The van der Waals surface area contributed by atoms with E-state index in [0.717, 1.165) is 0 Å². The zero-order chi connectivity index (χ0) is 25.2. The Balaban J connectivity index is 1.54. The lowest BCUT2D eigenvalue weighted by molar-refractivity contribution is 0.0124. The first-order valence-corrected chi connectivity index (χ1v) is 11.7. The number of anilines is 2. The van der Waals surface area contributed by atoms with E-state index in [1.165, 1.54) is 12.4 Å². The monoisotopic (exact) mass is 502 g/mol. The first kappa shape index (κ1) is 24.8. The molecule has 1 aliphatic heterocycles. The fourth-order valence-electron chi connectivity index (χ4n) is 3.81. The van der Waals surface area contributed by atoms with E-state index >= 15 is 0 Å². The van der Waals surface area contributed by atoms with Gasteiger partial charge in [0.2, 0.25) is 0 Å². The number of piperidine rings is 1. The minimum atomic E-state index is -0.567. The number of carbonyl (C=O) groups is 1. The Labute approximate surface area is 208 Å². The fourth-order valence-corrected chi connectivity index (χ4v) is 3.98. The second kappa shape index (κ2) is 10.1. The number of rotatable bonds is 5. The number of nitrogens with one attached hydrogen (secondary N) is 1. The van der Waals surface area contributed by atoms with Crippen LogP contribution in [0.25, 0.3) is 10.9 Å². The predicted octanol–water partition coefficient (Wildman–Crippen LogP) is 5.95. The molecule has 4 rings (SSSR count). The largest absolute Gasteiger partial charge is 0.493 e. The highest BCUT2D eigenvalue weighted by Gasteiger charge is 2.28. The molecule has 0 bridgehead atoms. The molecule has 186 valence electrons. The number of aromatic nitrogens is 2. The van der Waals surface area contributed by atoms with Crippen molar-refractivity contribution in [2.24, 2.45) is 0 Å². The van der Waals surface area contributed by atoms with Crippen molar-refractivity contribution in [2.45, 2.75) is 45.3 Å². The quantitative estimate of drug-likeness (QED) is 0.461. The molecular formula is C25H28ClFN4O4. The second-order valence-electron chi connectivity index (χ2n) is 9.25. The molecule has 35 heavy (non-hydrogen) atoms. The zero-order valence-corrected chi connectivity index (χ0v) is 20.9. The SMILES string of the molecule is COc1cc2ncnc(Nc3cccc(Cl)c3F)c2cc1OC1CCN(C(=O)OC(C)(C)C)CC1. The number of amides is 1. The molecule has 1 aromatic heterocycles. The van der Waals surface area contributed by atoms with Crippen LogP contribution in [0.2, 0.25) is 5.02 Å². The summed E-state index contributed by atoms with van der Waals surface area (Å²) in [4.78, 5) is 22.6. The summed E-state index contributed by atoms with van der Waals surface area (Å²) >= 11 is 5.92. The molecule has 0 aliphatic carbocycles. The van der Waals surface area contributed by atoms with E-state index in [1.807, 2.05) is 20.8 Å². The Morgan fingerprint density at radius 3 is 2.60 bits per heavy atom. The smallest absolute Gasteiger partial charge is 0.410 e. The molecule has 0 saturated carbocycles. The minimum Gasteiger partial charge on any atom is -0.493 e. The van der Waals surface area contributed by atoms with E-state index in [-0.39, 0.29) is 22.9 Å². The highest BCUT2D eigenvalue weighted by molar-refractivity contribution is 6.31. The Hall–Kier alpha value is -3.33. The molecule has 8 nitrogen and oxygen atoms in total. The van der Waals surface area contributed by atoms with Crippen LogP contribution in [-0.2, 0) is 4.74 Å². The molecule has 3 aromatic rings. The number of likely N-dealkylation sites (tertiary alicyclic amines) is 1. The minimum absolute atomic E-state index is 0.0109. The van der Waals surface area contributed by atoms with Crippen LogP contribution in [0.5, 0.6) is 11.5 Å². The van der Waals surface area contributed by atoms with Gasteiger partial charge in [0.1, 0.15) is 23.9 Å². The van der Waals surface area contributed by atoms with Crippen LogP contribution < -0.4 is 14.8 Å². The van der Waals surface area contributed by atoms with Crippen molar-refractivity contribution in [3.8, 4) is 11.5 Å². The first-order chi connectivity index (χ1) is 16.6. The van der Waals surface area contributed by atoms with Crippen LogP contribution in [0.1, 0.15) is 33.6 Å². The summed E-state index contributed by atoms with van der Waals surface area (Å²) < 4.78 is 31.7. The van der Waals surface area contributed by atoms with Gasteiger partial charge in [-0.25, -0.2) is 19.2 Å². The number of hydrogen-bond acceptors (Lipinski definition) is 7. The van der Waals surface area contributed by atoms with Crippen molar-refractivity contribution in [3.63, 3.8) is 0 Å². The molecule has 1 amide bonds. The van der Waals surface area contributed by atoms with Gasteiger partial charge in [-0.05, 0) is 39.0 Å². The standard InChI is InChI=1S/C25H28ClFN4O4/c1-25(2,3)35-24(32)31-10-8-15(9-11-31)34-21-12-16-19(13-20(21)33-4)28-14-29-23(16)30-18-7-5-6-17(26)22(18)27/h5-7,12-15H,8-11H2,1-4H3,(H,28,29,30). The second-order valence-corrected chi connectivity index (χ2v) is 9.66. The highest BCUT2D eigenvalue weighted by atomic mass is 35.5. The number of benzene rings is 2. The maximum absolute atomic E-state index is 14.5. The molecule has 0 atom stereocenters. The number of nitrogens with zero attached hydrogens (tertiary/aromatic N) is 3. The van der Waals surface area contributed by atoms with Gasteiger partial charge in [0.05, 0.1) is 23.3 Å². The molecule has 1 fully saturated rings. The van der Waals surface area contributed by atoms with Gasteiger partial charge in [-0.3, -0.25) is 0 Å². The first-order valence-electron chi connectivity index (χ1n) is 11.3. The van der Waals surface area contributed by atoms with Crippen LogP contribution in [0.15, 0.2) is 36.7 Å². The molecule has 2 heterocycles. The van der Waals surface area contributed by atoms with Gasteiger partial charge in [0.15, 0.2) is 17.3 Å². The van der Waals surface area contributed by atoms with Gasteiger partial charge in [-0.2, -0.15) is 0 Å². The average Bonchev–Trinajstić information content (AvgIpc) is 2.81. The van der Waals surface area contributed by atoms with E-state index < -0.39 is 11.4 Å². The van der Waals surface area contributed by atoms with Gasteiger partial charge >= 0.3 is 6.09 Å². The van der Waals surface area contributed by atoms with E-state index in [2.05, 4.69) is 15.3 Å². The number of methoxy groups -OCH3 is 1. The van der Waals surface area contributed by atoms with Crippen LogP contribution >= 0.6 is 11.6 Å². The van der Waals surface area contributed by atoms with Crippen LogP contribution in [0, 0.1) is 5.82 Å². The van der Waals surface area contributed by atoms with Crippen molar-refractivity contribution in [1.29, 1.82) is 0 Å². The lowest BCUT2D eigenvalue weighted by Gasteiger charge is -2.33. The van der Waals surface area contributed by atoms with Gasteiger partial charge in [-0.1, -0.05) is 17.7 Å². The number of ether oxygens (including phenoxy) is 3. The summed E-state index contributed by atoms with van der Waals surface area (Å²) in [6.07, 6.45) is 2.24. The third-order valence-electron chi connectivity index (χ3n) is 5.51. The van der Waals surface area contributed by atoms with E-state index in [0.29, 0.717) is 54.2 Å². The summed E-state index contributed by atoms with van der Waals surface area (Å²) in [5.74, 6) is 0.872. The predicted molar refractivity (Wildman–Crippen MR) is 132 cm³/mol. The fraction of sp³-hybridized carbons (Fsp3) is 0.400. The molecule has 1 saturated heterocycles. The van der Waals surface area contributed by atoms with Crippen molar-refractivity contribution in [1.82, 2.24) is 14.9 Å². The third-order valence-corrected chi connectivity index (χ3v) is 5.80. The summed E-state index contributed by atoms with van der Waals surface area (Å²) in [5, 5.41) is 3.64. The number of carbonyl (C=O) groups excluding carboxylic acids is 1. The van der Waals surface area contributed by atoms with E-state index in [4.69, 9.17) is 25.8 Å². The average molecular weight is 503 g/mol. The number of hydrogen-bond donors (Lipinski definition) is 1. The maximum Gasteiger partial charge on any atom is 0.410 e. The maximum atomic E-state index is 14.5. The Bertz CT molecular complexity index is 1230. The van der Waals surface area contributed by atoms with Crippen molar-refractivity contribution < 1.29 is 23.4 Å². The van der Waals surface area contributed by atoms with Crippen LogP contribution in [-0.4, -0.2) is 52.9 Å². The highest BCUT2D eigenvalue weighted by Crippen LogP contribution is 2.37. The molecule has 0 spiro atoms. The molecular weight excluding hydrogens is 475 g/mol. The Morgan fingerprint density at radius 2 is 1.91 bits per heavy atom. The van der Waals surface area contributed by atoms with Crippen LogP contribution in [0.3, 0.4) is 0 Å². The molecule has 0 radical (unpaired) electrons.